The molecule has 0 spiro atoms. The normalized spacial score (nSPS) is 9.64. The lowest BCUT2D eigenvalue weighted by Crippen LogP contribution is -2.25. The van der Waals surface area contributed by atoms with Crippen molar-refractivity contribution in [3.63, 3.8) is 0 Å². The molecule has 0 atom stereocenters. The number of benzene rings is 1. The molecule has 1 aromatic carbocycles. The Morgan fingerprint density at radius 3 is 2.93 bits per heavy atom. The predicted octanol–water partition coefficient (Wildman–Crippen LogP) is 0.690. The Morgan fingerprint density at radius 2 is 2.36 bits per heavy atom. The highest BCUT2D eigenvalue weighted by Crippen LogP contribution is 2.18. The van der Waals surface area contributed by atoms with Crippen LogP contribution in [0, 0.1) is 5.82 Å². The van der Waals surface area contributed by atoms with Gasteiger partial charge >= 0.3 is 0 Å². The molecule has 0 heterocycles. The summed E-state index contributed by atoms with van der Waals surface area (Å²) in [6.07, 6.45) is -0.00149. The van der Waals surface area contributed by atoms with Gasteiger partial charge in [0.25, 0.3) is 5.91 Å². The van der Waals surface area contributed by atoms with E-state index in [1.54, 1.807) is 0 Å². The van der Waals surface area contributed by atoms with Gasteiger partial charge in [-0.05, 0) is 18.2 Å². The minimum absolute atomic E-state index is 0.00149. The first-order valence-corrected chi connectivity index (χ1v) is 4.01. The van der Waals surface area contributed by atoms with Crippen LogP contribution in [-0.2, 0) is 0 Å². The first kappa shape index (κ1) is 10.6. The quantitative estimate of drug-likeness (QED) is 0.717. The van der Waals surface area contributed by atoms with Crippen molar-refractivity contribution in [1.82, 2.24) is 5.32 Å². The summed E-state index contributed by atoms with van der Waals surface area (Å²) in [7, 11) is 6.54. The van der Waals surface area contributed by atoms with Crippen molar-refractivity contribution in [3.8, 4) is 5.75 Å². The van der Waals surface area contributed by atoms with Gasteiger partial charge in [0.2, 0.25) is 0 Å². The van der Waals surface area contributed by atoms with Crippen LogP contribution in [0.1, 0.15) is 10.4 Å². The minimum Gasteiger partial charge on any atom is -0.598 e. The maximum Gasteiger partial charge on any atom is 0.251 e. The van der Waals surface area contributed by atoms with Crippen LogP contribution in [0.2, 0.25) is 0 Å². The molecule has 0 bridgehead atoms. The molecular weight excluding hydrogens is 184 g/mol. The number of hydrogen-bond acceptors (Lipinski definition) is 2. The molecule has 0 aliphatic carbocycles. The fourth-order valence-corrected chi connectivity index (χ4v) is 1.05. The summed E-state index contributed by atoms with van der Waals surface area (Å²) in [5.74, 6) is -0.630. The molecule has 14 heavy (non-hydrogen) atoms. The molecule has 1 rings (SSSR count). The van der Waals surface area contributed by atoms with Crippen molar-refractivity contribution >= 4 is 13.8 Å². The largest absolute Gasteiger partial charge is 0.598 e. The smallest absolute Gasteiger partial charge is 0.251 e. The fraction of sp³-hybridized carbons (Fsp3) is 0.222. The number of ether oxygens (including phenoxy) is 1. The number of hydrogen-bond donors (Lipinski definition) is 1. The first-order valence-electron chi connectivity index (χ1n) is 4.01. The molecule has 73 valence electrons. The summed E-state index contributed by atoms with van der Waals surface area (Å²) in [4.78, 5) is 11.3. The summed E-state index contributed by atoms with van der Waals surface area (Å²) in [6.45, 7) is 0. The van der Waals surface area contributed by atoms with E-state index in [1.807, 2.05) is 0 Å². The Morgan fingerprint density at radius 1 is 1.64 bits per heavy atom. The topological polar surface area (TPSA) is 38.3 Å². The van der Waals surface area contributed by atoms with E-state index in [1.165, 1.54) is 19.2 Å². The molecule has 0 saturated carbocycles. The molecule has 1 amide bonds. The standard InChI is InChI=1S/C9H9BFNO2/c1-14-8-3-2-6(11)4-7(8)9(13)12-5-10/h2-4H,5H2,1H3,(H,12,13)/q-1. The molecule has 0 aliphatic rings. The zero-order valence-corrected chi connectivity index (χ0v) is 7.71. The van der Waals surface area contributed by atoms with Gasteiger partial charge in [-0.3, -0.25) is 4.79 Å². The van der Waals surface area contributed by atoms with E-state index in [0.717, 1.165) is 6.07 Å². The molecule has 0 aliphatic heterocycles. The number of nitrogens with one attached hydrogen (secondary N) is 1. The SMILES string of the molecule is [B-]CNC(=O)c1cc(F)ccc1OC. The maximum atomic E-state index is 12.8. The molecule has 0 saturated heterocycles. The molecule has 3 nitrogen and oxygen atoms in total. The molecule has 5 heteroatoms. The van der Waals surface area contributed by atoms with E-state index in [9.17, 15) is 9.18 Å². The molecule has 0 unspecified atom stereocenters. The van der Waals surface area contributed by atoms with Gasteiger partial charge in [-0.25, -0.2) is 10.8 Å². The third-order valence-electron chi connectivity index (χ3n) is 1.67. The molecule has 0 aromatic heterocycles. The third kappa shape index (κ3) is 2.25. The van der Waals surface area contributed by atoms with Crippen LogP contribution in [0.3, 0.4) is 0 Å². The Bertz CT molecular complexity index is 344. The van der Waals surface area contributed by atoms with Gasteiger partial charge in [0, 0.05) is 0 Å². The second-order valence-electron chi connectivity index (χ2n) is 2.55. The summed E-state index contributed by atoms with van der Waals surface area (Å²) < 4.78 is 17.7. The van der Waals surface area contributed by atoms with Crippen LogP contribution in [-0.4, -0.2) is 27.3 Å². The van der Waals surface area contributed by atoms with E-state index >= 15 is 0 Å². The summed E-state index contributed by atoms with van der Waals surface area (Å²) in [6, 6.07) is 3.71. The third-order valence-corrected chi connectivity index (χ3v) is 1.67. The van der Waals surface area contributed by atoms with Crippen LogP contribution < -0.4 is 10.1 Å². The van der Waals surface area contributed by atoms with Crippen LogP contribution in [0.4, 0.5) is 4.39 Å². The number of amides is 1. The molecule has 0 fully saturated rings. The Kier molecular flexibility index (Phi) is 3.51. The lowest BCUT2D eigenvalue weighted by Gasteiger charge is -2.11. The van der Waals surface area contributed by atoms with Gasteiger partial charge in [-0.15, -0.1) is 0 Å². The van der Waals surface area contributed by atoms with Crippen molar-refractivity contribution in [1.29, 1.82) is 0 Å². The number of rotatable bonds is 3. The van der Waals surface area contributed by atoms with Crippen molar-refractivity contribution in [3.05, 3.63) is 29.6 Å². The number of carbonyl (C=O) groups excluding carboxylic acids is 1. The second kappa shape index (κ2) is 4.65. The van der Waals surface area contributed by atoms with Gasteiger partial charge in [0.1, 0.15) is 11.6 Å². The highest BCUT2D eigenvalue weighted by molar-refractivity contribution is 6.11. The van der Waals surface area contributed by atoms with Crippen molar-refractivity contribution in [2.45, 2.75) is 0 Å². The summed E-state index contributed by atoms with van der Waals surface area (Å²) in [5.41, 5.74) is 0.137. The van der Waals surface area contributed by atoms with Gasteiger partial charge in [0.15, 0.2) is 0 Å². The number of carbonyl (C=O) groups is 1. The predicted molar refractivity (Wildman–Crippen MR) is 51.0 cm³/mol. The Balaban J connectivity index is 3.03. The second-order valence-corrected chi connectivity index (χ2v) is 2.55. The highest BCUT2D eigenvalue weighted by atomic mass is 19.1. The Hall–Kier alpha value is -1.52. The monoisotopic (exact) mass is 193 g/mol. The van der Waals surface area contributed by atoms with Gasteiger partial charge < -0.3 is 17.9 Å². The molecule has 3 radical (unpaired) electrons. The van der Waals surface area contributed by atoms with Crippen LogP contribution in [0.15, 0.2) is 18.2 Å². The maximum absolute atomic E-state index is 12.8. The van der Waals surface area contributed by atoms with Gasteiger partial charge in [-0.1, -0.05) is 0 Å². The zero-order valence-electron chi connectivity index (χ0n) is 7.71. The van der Waals surface area contributed by atoms with Crippen molar-refractivity contribution in [2.75, 3.05) is 13.6 Å². The van der Waals surface area contributed by atoms with Gasteiger partial charge in [0.05, 0.1) is 12.7 Å². The fourth-order valence-electron chi connectivity index (χ4n) is 1.05. The highest BCUT2D eigenvalue weighted by Gasteiger charge is 2.10. The van der Waals surface area contributed by atoms with Crippen LogP contribution in [0.5, 0.6) is 5.75 Å². The average molecular weight is 193 g/mol. The van der Waals surface area contributed by atoms with Crippen molar-refractivity contribution < 1.29 is 13.9 Å². The summed E-state index contributed by atoms with van der Waals surface area (Å²) >= 11 is 0. The molecular formula is C9H9BFNO2-. The lowest BCUT2D eigenvalue weighted by molar-refractivity contribution is 0.0957. The Labute approximate surface area is 82.7 Å². The van der Waals surface area contributed by atoms with Gasteiger partial charge in [-0.2, -0.15) is 0 Å². The molecule has 1 aromatic rings. The number of methoxy groups -OCH3 is 1. The first-order chi connectivity index (χ1) is 6.69. The van der Waals surface area contributed by atoms with Crippen molar-refractivity contribution in [2.24, 2.45) is 0 Å². The van der Waals surface area contributed by atoms with E-state index in [2.05, 4.69) is 5.32 Å². The molecule has 1 N–H and O–H groups in total. The minimum atomic E-state index is -0.493. The van der Waals surface area contributed by atoms with Crippen LogP contribution >= 0.6 is 0 Å². The van der Waals surface area contributed by atoms with E-state index in [-0.39, 0.29) is 12.0 Å². The van der Waals surface area contributed by atoms with E-state index in [0.29, 0.717) is 5.75 Å². The zero-order chi connectivity index (χ0) is 10.6. The lowest BCUT2D eigenvalue weighted by atomic mass is 10.1. The average Bonchev–Trinajstić information content (AvgIpc) is 2.18. The van der Waals surface area contributed by atoms with E-state index in [4.69, 9.17) is 12.6 Å². The summed E-state index contributed by atoms with van der Waals surface area (Å²) in [5, 5.41) is 2.36. The number of halogens is 1. The van der Waals surface area contributed by atoms with Crippen LogP contribution in [0.25, 0.3) is 0 Å². The van der Waals surface area contributed by atoms with E-state index < -0.39 is 11.7 Å².